The number of aromatic nitrogens is 1. The molecule has 0 aliphatic carbocycles. The van der Waals surface area contributed by atoms with Gasteiger partial charge in [0, 0.05) is 29.6 Å². The van der Waals surface area contributed by atoms with Gasteiger partial charge in [0.05, 0.1) is 10.5 Å². The van der Waals surface area contributed by atoms with Crippen LogP contribution in [0.2, 0.25) is 0 Å². The van der Waals surface area contributed by atoms with Crippen molar-refractivity contribution in [2.45, 2.75) is 59.3 Å². The molecular formula is C23H29BrN2O4. The van der Waals surface area contributed by atoms with E-state index in [2.05, 4.69) is 40.1 Å². The van der Waals surface area contributed by atoms with E-state index in [0.29, 0.717) is 24.9 Å². The van der Waals surface area contributed by atoms with E-state index in [1.165, 1.54) is 0 Å². The zero-order valence-electron chi connectivity index (χ0n) is 18.1. The number of benzene rings is 1. The van der Waals surface area contributed by atoms with Crippen LogP contribution in [-0.4, -0.2) is 29.3 Å². The van der Waals surface area contributed by atoms with Gasteiger partial charge in [0.15, 0.2) is 0 Å². The minimum absolute atomic E-state index is 0.171. The van der Waals surface area contributed by atoms with Crippen LogP contribution in [0.5, 0.6) is 11.5 Å². The van der Waals surface area contributed by atoms with Gasteiger partial charge >= 0.3 is 6.09 Å². The first-order chi connectivity index (χ1) is 14.1. The fourth-order valence-electron chi connectivity index (χ4n) is 3.34. The summed E-state index contributed by atoms with van der Waals surface area (Å²) in [7, 11) is 0. The van der Waals surface area contributed by atoms with Crippen molar-refractivity contribution in [1.82, 2.24) is 10.3 Å². The average molecular weight is 477 g/mol. The fraction of sp³-hybridized carbons (Fsp3) is 0.478. The molecule has 1 aromatic heterocycles. The molecule has 3 rings (SSSR count). The Morgan fingerprint density at radius 3 is 2.77 bits per heavy atom. The Morgan fingerprint density at radius 1 is 1.30 bits per heavy atom. The van der Waals surface area contributed by atoms with E-state index in [1.807, 2.05) is 45.2 Å². The third-order valence-electron chi connectivity index (χ3n) is 4.53. The topological polar surface area (TPSA) is 69.7 Å². The molecule has 1 N–H and O–H groups in total. The molecular weight excluding hydrogens is 448 g/mol. The van der Waals surface area contributed by atoms with Crippen LogP contribution < -0.4 is 14.8 Å². The number of nitrogens with one attached hydrogen (secondary N) is 1. The third-order valence-corrected chi connectivity index (χ3v) is 5.15. The lowest BCUT2D eigenvalue weighted by Crippen LogP contribution is -2.42. The number of halogens is 1. The predicted octanol–water partition coefficient (Wildman–Crippen LogP) is 5.72. The molecule has 1 aromatic carbocycles. The second kappa shape index (κ2) is 9.25. The highest BCUT2D eigenvalue weighted by Crippen LogP contribution is 2.42. The molecule has 1 unspecified atom stereocenters. The van der Waals surface area contributed by atoms with E-state index >= 15 is 0 Å². The average Bonchev–Trinajstić information content (AvgIpc) is 2.64. The summed E-state index contributed by atoms with van der Waals surface area (Å²) in [5.74, 6) is 1.84. The van der Waals surface area contributed by atoms with Gasteiger partial charge < -0.3 is 19.5 Å². The molecule has 1 aliphatic rings. The summed E-state index contributed by atoms with van der Waals surface area (Å²) < 4.78 is 18.2. The van der Waals surface area contributed by atoms with Crippen molar-refractivity contribution >= 4 is 22.0 Å². The molecule has 0 spiro atoms. The number of alkyl carbamates (subject to hydrolysis) is 1. The van der Waals surface area contributed by atoms with E-state index in [9.17, 15) is 4.79 Å². The predicted molar refractivity (Wildman–Crippen MR) is 120 cm³/mol. The molecule has 0 bridgehead atoms. The van der Waals surface area contributed by atoms with Gasteiger partial charge in [-0.15, -0.1) is 0 Å². The summed E-state index contributed by atoms with van der Waals surface area (Å²) in [5, 5.41) is 2.93. The number of carbonyl (C=O) groups excluding carboxylic acids is 1. The lowest BCUT2D eigenvalue weighted by Gasteiger charge is -2.25. The molecule has 0 radical (unpaired) electrons. The van der Waals surface area contributed by atoms with Crippen molar-refractivity contribution < 1.29 is 19.0 Å². The number of carbonyl (C=O) groups is 1. The summed E-state index contributed by atoms with van der Waals surface area (Å²) in [4.78, 5) is 16.4. The second-order valence-corrected chi connectivity index (χ2v) is 9.74. The molecule has 0 fully saturated rings. The normalized spacial score (nSPS) is 13.7. The number of nitrogens with zero attached hydrogens (tertiary/aromatic N) is 1. The van der Waals surface area contributed by atoms with E-state index < -0.39 is 11.7 Å². The first-order valence-corrected chi connectivity index (χ1v) is 10.9. The number of amides is 1. The van der Waals surface area contributed by atoms with Crippen LogP contribution in [0.15, 0.2) is 35.1 Å². The Balaban J connectivity index is 1.72. The van der Waals surface area contributed by atoms with Crippen molar-refractivity contribution in [3.05, 3.63) is 40.6 Å². The number of fused-ring (bicyclic) bond motifs is 3. The summed E-state index contributed by atoms with van der Waals surface area (Å²) in [6.07, 6.45) is 3.95. The number of pyridine rings is 1. The van der Waals surface area contributed by atoms with Crippen molar-refractivity contribution in [3.63, 3.8) is 0 Å². The van der Waals surface area contributed by atoms with Crippen molar-refractivity contribution in [1.29, 1.82) is 0 Å². The Morgan fingerprint density at radius 2 is 2.07 bits per heavy atom. The molecule has 1 atom stereocenters. The van der Waals surface area contributed by atoms with E-state index in [-0.39, 0.29) is 6.04 Å². The molecule has 7 heteroatoms. The van der Waals surface area contributed by atoms with Crippen molar-refractivity contribution in [2.75, 3.05) is 6.61 Å². The van der Waals surface area contributed by atoms with E-state index in [4.69, 9.17) is 14.2 Å². The molecule has 2 heterocycles. The Bertz CT molecular complexity index is 909. The Kier molecular flexibility index (Phi) is 6.91. The number of hydrogen-bond acceptors (Lipinski definition) is 5. The Hall–Kier alpha value is -2.28. The van der Waals surface area contributed by atoms with Gasteiger partial charge in [0.1, 0.15) is 30.3 Å². The molecule has 6 nitrogen and oxygen atoms in total. The minimum Gasteiger partial charge on any atom is -0.490 e. The van der Waals surface area contributed by atoms with Crippen molar-refractivity contribution in [2.24, 2.45) is 5.92 Å². The van der Waals surface area contributed by atoms with Gasteiger partial charge in [-0.05, 0) is 66.7 Å². The number of rotatable bonds is 6. The maximum absolute atomic E-state index is 12.2. The van der Waals surface area contributed by atoms with E-state index in [1.54, 1.807) is 6.20 Å². The monoisotopic (exact) mass is 476 g/mol. The van der Waals surface area contributed by atoms with Gasteiger partial charge in [-0.3, -0.25) is 4.98 Å². The largest absolute Gasteiger partial charge is 0.490 e. The molecule has 30 heavy (non-hydrogen) atoms. The van der Waals surface area contributed by atoms with Crippen LogP contribution in [0, 0.1) is 5.92 Å². The number of hydrogen-bond donors (Lipinski definition) is 1. The van der Waals surface area contributed by atoms with Gasteiger partial charge in [-0.25, -0.2) is 4.79 Å². The standard InChI is InChI=1S/C23H29BrN2O4/c1-14(2)8-16(26-22(27)30-23(3,4)5)13-29-21-10-20-18(9-19(21)24)17-6-7-25-11-15(17)12-28-20/h6-7,9-11,14,16H,8,12-13H2,1-5H3,(H,26,27). The molecule has 0 saturated heterocycles. The van der Waals surface area contributed by atoms with Crippen LogP contribution >= 0.6 is 15.9 Å². The van der Waals surface area contributed by atoms with Crippen LogP contribution in [0.25, 0.3) is 11.1 Å². The third kappa shape index (κ3) is 5.88. The van der Waals surface area contributed by atoms with Crippen LogP contribution in [0.3, 0.4) is 0 Å². The van der Waals surface area contributed by atoms with Gasteiger partial charge in [0.25, 0.3) is 0 Å². The lowest BCUT2D eigenvalue weighted by atomic mass is 9.99. The SMILES string of the molecule is CC(C)CC(COc1cc2c(cc1Br)-c1ccncc1CO2)NC(=O)OC(C)(C)C. The first kappa shape index (κ1) is 22.4. The highest BCUT2D eigenvalue weighted by molar-refractivity contribution is 9.10. The fourth-order valence-corrected chi connectivity index (χ4v) is 3.80. The summed E-state index contributed by atoms with van der Waals surface area (Å²) in [5.41, 5.74) is 2.63. The molecule has 0 saturated carbocycles. The maximum Gasteiger partial charge on any atom is 0.407 e. The van der Waals surface area contributed by atoms with Crippen molar-refractivity contribution in [3.8, 4) is 22.6 Å². The zero-order valence-corrected chi connectivity index (χ0v) is 19.7. The maximum atomic E-state index is 12.2. The van der Waals surface area contributed by atoms with Gasteiger partial charge in [-0.2, -0.15) is 0 Å². The van der Waals surface area contributed by atoms with Gasteiger partial charge in [0.2, 0.25) is 0 Å². The van der Waals surface area contributed by atoms with Crippen LogP contribution in [-0.2, 0) is 11.3 Å². The highest BCUT2D eigenvalue weighted by atomic mass is 79.9. The second-order valence-electron chi connectivity index (χ2n) is 8.88. The van der Waals surface area contributed by atoms with Gasteiger partial charge in [-0.1, -0.05) is 13.8 Å². The Labute approximate surface area is 186 Å². The smallest absolute Gasteiger partial charge is 0.407 e. The molecule has 1 aliphatic heterocycles. The summed E-state index contributed by atoms with van der Waals surface area (Å²) in [6.45, 7) is 10.6. The minimum atomic E-state index is -0.544. The van der Waals surface area contributed by atoms with Crippen LogP contribution in [0.1, 0.15) is 46.6 Å². The summed E-state index contributed by atoms with van der Waals surface area (Å²) in [6, 6.07) is 5.72. The molecule has 2 aromatic rings. The lowest BCUT2D eigenvalue weighted by molar-refractivity contribution is 0.0480. The molecule has 1 amide bonds. The highest BCUT2D eigenvalue weighted by Gasteiger charge is 2.23. The zero-order chi connectivity index (χ0) is 21.9. The van der Waals surface area contributed by atoms with E-state index in [0.717, 1.165) is 33.3 Å². The quantitative estimate of drug-likeness (QED) is 0.576. The number of ether oxygens (including phenoxy) is 3. The van der Waals surface area contributed by atoms with Crippen LogP contribution in [0.4, 0.5) is 4.79 Å². The summed E-state index contributed by atoms with van der Waals surface area (Å²) >= 11 is 3.61. The molecule has 162 valence electrons. The first-order valence-electron chi connectivity index (χ1n) is 10.1.